The van der Waals surface area contributed by atoms with E-state index in [2.05, 4.69) is 49.4 Å². The quantitative estimate of drug-likeness (QED) is 0.552. The predicted molar refractivity (Wildman–Crippen MR) is 88.2 cm³/mol. The Hall–Kier alpha value is -1.41. The summed E-state index contributed by atoms with van der Waals surface area (Å²) in [5, 5.41) is 0. The molecule has 2 aromatic carbocycles. The molecule has 2 aromatic rings. The van der Waals surface area contributed by atoms with E-state index in [4.69, 9.17) is 0 Å². The lowest BCUT2D eigenvalue weighted by Crippen LogP contribution is -2.41. The average molecular weight is 445 g/mol. The third-order valence-corrected chi connectivity index (χ3v) is 3.98. The van der Waals surface area contributed by atoms with Crippen LogP contribution in [0.5, 0.6) is 0 Å². The molecule has 2 amide bonds. The highest BCUT2D eigenvalue weighted by Crippen LogP contribution is 2.11. The molecule has 0 saturated heterocycles. The van der Waals surface area contributed by atoms with Crippen molar-refractivity contribution in [3.63, 3.8) is 0 Å². The van der Waals surface area contributed by atoms with Gasteiger partial charge in [-0.3, -0.25) is 20.4 Å². The largest absolute Gasteiger partial charge is 0.270 e. The van der Waals surface area contributed by atoms with Gasteiger partial charge in [0, 0.05) is 13.6 Å². The fraction of sp³-hybridized carbons (Fsp3) is 0. The van der Waals surface area contributed by atoms with Gasteiger partial charge in [-0.25, -0.2) is 0 Å². The minimum atomic E-state index is -0.364. The Morgan fingerprint density at radius 2 is 1.50 bits per heavy atom. The molecular formula is C14H10BrIN2O2. The van der Waals surface area contributed by atoms with Crippen LogP contribution in [0.25, 0.3) is 0 Å². The first-order valence-corrected chi connectivity index (χ1v) is 7.56. The lowest BCUT2D eigenvalue weighted by atomic mass is 10.2. The summed E-state index contributed by atoms with van der Waals surface area (Å²) in [7, 11) is 0. The highest BCUT2D eigenvalue weighted by molar-refractivity contribution is 14.1. The monoisotopic (exact) mass is 444 g/mol. The highest BCUT2D eigenvalue weighted by Gasteiger charge is 2.11. The van der Waals surface area contributed by atoms with Crippen LogP contribution in [0.4, 0.5) is 0 Å². The van der Waals surface area contributed by atoms with Gasteiger partial charge in [0.1, 0.15) is 0 Å². The van der Waals surface area contributed by atoms with E-state index in [-0.39, 0.29) is 11.8 Å². The van der Waals surface area contributed by atoms with Crippen molar-refractivity contribution in [3.05, 3.63) is 67.7 Å². The second-order valence-electron chi connectivity index (χ2n) is 3.89. The molecule has 4 nitrogen and oxygen atoms in total. The summed E-state index contributed by atoms with van der Waals surface area (Å²) < 4.78 is 1.71. The van der Waals surface area contributed by atoms with Gasteiger partial charge < -0.3 is 0 Å². The van der Waals surface area contributed by atoms with Crippen molar-refractivity contribution in [1.82, 2.24) is 10.9 Å². The normalized spacial score (nSPS) is 9.90. The van der Waals surface area contributed by atoms with Crippen molar-refractivity contribution < 1.29 is 9.59 Å². The zero-order valence-corrected chi connectivity index (χ0v) is 13.9. The second kappa shape index (κ2) is 6.85. The van der Waals surface area contributed by atoms with Gasteiger partial charge in [0.25, 0.3) is 11.8 Å². The third-order valence-electron chi connectivity index (χ3n) is 2.51. The fourth-order valence-electron chi connectivity index (χ4n) is 1.50. The van der Waals surface area contributed by atoms with E-state index in [1.807, 2.05) is 12.1 Å². The van der Waals surface area contributed by atoms with Gasteiger partial charge in [0.15, 0.2) is 0 Å². The van der Waals surface area contributed by atoms with Crippen LogP contribution >= 0.6 is 38.5 Å². The third kappa shape index (κ3) is 3.80. The predicted octanol–water partition coefficient (Wildman–Crippen LogP) is 3.13. The minimum Gasteiger partial charge on any atom is -0.267 e. The maximum absolute atomic E-state index is 11.9. The van der Waals surface area contributed by atoms with Gasteiger partial charge in [0.05, 0.1) is 5.56 Å². The van der Waals surface area contributed by atoms with E-state index >= 15 is 0 Å². The Morgan fingerprint density at radius 1 is 0.900 bits per heavy atom. The zero-order valence-electron chi connectivity index (χ0n) is 10.2. The van der Waals surface area contributed by atoms with Crippen LogP contribution in [0.15, 0.2) is 53.0 Å². The number of amides is 2. The fourth-order valence-corrected chi connectivity index (χ4v) is 2.40. The number of carbonyl (C=O) groups is 2. The Morgan fingerprint density at radius 3 is 2.15 bits per heavy atom. The number of halogens is 2. The zero-order chi connectivity index (χ0) is 14.5. The van der Waals surface area contributed by atoms with Crippen LogP contribution < -0.4 is 10.9 Å². The van der Waals surface area contributed by atoms with Crippen molar-refractivity contribution >= 4 is 50.3 Å². The summed E-state index contributed by atoms with van der Waals surface area (Å²) in [6, 6.07) is 14.0. The molecule has 2 N–H and O–H groups in total. The molecule has 0 aliphatic heterocycles. The van der Waals surface area contributed by atoms with Crippen LogP contribution in [0.1, 0.15) is 20.7 Å². The lowest BCUT2D eigenvalue weighted by Gasteiger charge is -2.08. The number of hydrogen-bond donors (Lipinski definition) is 2. The smallest absolute Gasteiger partial charge is 0.267 e. The molecule has 0 bridgehead atoms. The van der Waals surface area contributed by atoms with E-state index < -0.39 is 0 Å². The summed E-state index contributed by atoms with van der Waals surface area (Å²) in [6.07, 6.45) is 0. The Kier molecular flexibility index (Phi) is 5.13. The molecule has 0 spiro atoms. The summed E-state index contributed by atoms with van der Waals surface area (Å²) in [4.78, 5) is 23.8. The molecule has 0 aliphatic carbocycles. The molecule has 0 radical (unpaired) electrons. The first-order valence-electron chi connectivity index (χ1n) is 5.68. The van der Waals surface area contributed by atoms with E-state index in [1.165, 1.54) is 0 Å². The number of rotatable bonds is 2. The average Bonchev–Trinajstić information content (AvgIpc) is 2.45. The van der Waals surface area contributed by atoms with Gasteiger partial charge in [-0.05, 0) is 59.0 Å². The molecule has 0 fully saturated rings. The van der Waals surface area contributed by atoms with Gasteiger partial charge >= 0.3 is 0 Å². The van der Waals surface area contributed by atoms with Crippen molar-refractivity contribution in [2.45, 2.75) is 0 Å². The maximum atomic E-state index is 11.9. The molecule has 0 aliphatic rings. The number of benzene rings is 2. The standard InChI is InChI=1S/C14H10BrIN2O2/c15-10-7-5-9(6-8-10)13(19)17-18-14(20)11-3-1-2-4-12(11)16/h1-8H,(H,17,19)(H,18,20). The van der Waals surface area contributed by atoms with Crippen molar-refractivity contribution in [2.75, 3.05) is 0 Å². The SMILES string of the molecule is O=C(NNC(=O)c1ccccc1I)c1ccc(Br)cc1. The van der Waals surface area contributed by atoms with Crippen LogP contribution in [-0.4, -0.2) is 11.8 Å². The topological polar surface area (TPSA) is 58.2 Å². The summed E-state index contributed by atoms with van der Waals surface area (Å²) in [5.74, 6) is -0.711. The number of nitrogens with one attached hydrogen (secondary N) is 2. The Bertz CT molecular complexity index is 644. The number of carbonyl (C=O) groups excluding carboxylic acids is 2. The molecule has 20 heavy (non-hydrogen) atoms. The summed E-state index contributed by atoms with van der Waals surface area (Å²) >= 11 is 5.36. The first kappa shape index (κ1) is 15.0. The highest BCUT2D eigenvalue weighted by atomic mass is 127. The second-order valence-corrected chi connectivity index (χ2v) is 5.97. The lowest BCUT2D eigenvalue weighted by molar-refractivity contribution is 0.0846. The molecule has 0 aromatic heterocycles. The maximum Gasteiger partial charge on any atom is 0.270 e. The van der Waals surface area contributed by atoms with Gasteiger partial charge in [0.2, 0.25) is 0 Å². The first-order chi connectivity index (χ1) is 9.58. The van der Waals surface area contributed by atoms with E-state index in [1.54, 1.807) is 36.4 Å². The van der Waals surface area contributed by atoms with Gasteiger partial charge in [-0.1, -0.05) is 28.1 Å². The van der Waals surface area contributed by atoms with E-state index in [0.717, 1.165) is 8.04 Å². The van der Waals surface area contributed by atoms with Crippen molar-refractivity contribution in [1.29, 1.82) is 0 Å². The summed E-state index contributed by atoms with van der Waals surface area (Å²) in [5.41, 5.74) is 5.77. The molecular weight excluding hydrogens is 435 g/mol. The minimum absolute atomic E-state index is 0.347. The summed E-state index contributed by atoms with van der Waals surface area (Å²) in [6.45, 7) is 0. The van der Waals surface area contributed by atoms with Crippen LogP contribution in [0, 0.1) is 3.57 Å². The Balaban J connectivity index is 1.99. The van der Waals surface area contributed by atoms with Crippen LogP contribution in [-0.2, 0) is 0 Å². The van der Waals surface area contributed by atoms with E-state index in [0.29, 0.717) is 11.1 Å². The number of hydrogen-bond acceptors (Lipinski definition) is 2. The van der Waals surface area contributed by atoms with Crippen molar-refractivity contribution in [3.8, 4) is 0 Å². The van der Waals surface area contributed by atoms with Gasteiger partial charge in [-0.2, -0.15) is 0 Å². The number of hydrazine groups is 1. The van der Waals surface area contributed by atoms with Gasteiger partial charge in [-0.15, -0.1) is 0 Å². The molecule has 0 atom stereocenters. The molecule has 0 unspecified atom stereocenters. The van der Waals surface area contributed by atoms with Crippen LogP contribution in [0.3, 0.4) is 0 Å². The molecule has 6 heteroatoms. The van der Waals surface area contributed by atoms with E-state index in [9.17, 15) is 9.59 Å². The van der Waals surface area contributed by atoms with Crippen molar-refractivity contribution in [2.24, 2.45) is 0 Å². The molecule has 2 rings (SSSR count). The molecule has 0 saturated carbocycles. The molecule has 102 valence electrons. The van der Waals surface area contributed by atoms with Crippen LogP contribution in [0.2, 0.25) is 0 Å². The Labute approximate surface area is 138 Å². The molecule has 0 heterocycles.